The molecule has 0 N–H and O–H groups in total. The number of carbonyl (C=O) groups excluding carboxylic acids is 1. The van der Waals surface area contributed by atoms with Crippen molar-refractivity contribution in [3.8, 4) is 16.9 Å². The zero-order chi connectivity index (χ0) is 20.5. The van der Waals surface area contributed by atoms with E-state index in [0.29, 0.717) is 10.8 Å². The van der Waals surface area contributed by atoms with E-state index in [1.165, 1.54) is 0 Å². The molecule has 30 heavy (non-hydrogen) atoms. The van der Waals surface area contributed by atoms with Gasteiger partial charge in [0.25, 0.3) is 0 Å². The molecule has 1 fully saturated rings. The Balaban J connectivity index is 1.65. The molecule has 1 aliphatic rings. The van der Waals surface area contributed by atoms with Crippen LogP contribution in [0.25, 0.3) is 16.9 Å². The fourth-order valence-corrected chi connectivity index (χ4v) is 4.94. The van der Waals surface area contributed by atoms with Crippen LogP contribution in [-0.4, -0.2) is 21.4 Å². The Morgan fingerprint density at radius 2 is 1.50 bits per heavy atom. The first-order chi connectivity index (χ1) is 14.7. The predicted molar refractivity (Wildman–Crippen MR) is 123 cm³/mol. The van der Waals surface area contributed by atoms with Gasteiger partial charge in [-0.15, -0.1) is 11.8 Å². The number of thioether (sulfide) groups is 1. The van der Waals surface area contributed by atoms with Crippen molar-refractivity contribution < 1.29 is 4.79 Å². The van der Waals surface area contributed by atoms with Gasteiger partial charge in [0.1, 0.15) is 5.37 Å². The van der Waals surface area contributed by atoms with E-state index >= 15 is 0 Å². The number of nitrogens with zero attached hydrogens (tertiary/aromatic N) is 3. The first-order valence-electron chi connectivity index (χ1n) is 9.60. The van der Waals surface area contributed by atoms with Gasteiger partial charge in [0.15, 0.2) is 0 Å². The van der Waals surface area contributed by atoms with E-state index in [1.807, 2.05) is 101 Å². The Morgan fingerprint density at radius 1 is 0.867 bits per heavy atom. The second-order valence-corrected chi connectivity index (χ2v) is 8.49. The molecule has 3 aromatic carbocycles. The fraction of sp³-hybridized carbons (Fsp3) is 0.0833. The van der Waals surface area contributed by atoms with Crippen LogP contribution in [0.4, 0.5) is 5.69 Å². The molecule has 1 aliphatic heterocycles. The highest BCUT2D eigenvalue weighted by Crippen LogP contribution is 2.45. The second-order valence-electron chi connectivity index (χ2n) is 6.98. The zero-order valence-electron chi connectivity index (χ0n) is 16.0. The highest BCUT2D eigenvalue weighted by atomic mass is 35.5. The molecule has 1 aromatic heterocycles. The van der Waals surface area contributed by atoms with Gasteiger partial charge in [-0.05, 0) is 36.4 Å². The minimum atomic E-state index is -0.150. The zero-order valence-corrected chi connectivity index (χ0v) is 17.6. The average molecular weight is 432 g/mol. The van der Waals surface area contributed by atoms with Crippen molar-refractivity contribution in [2.45, 2.75) is 5.37 Å². The van der Waals surface area contributed by atoms with E-state index in [9.17, 15) is 4.79 Å². The standard InChI is InChI=1S/C24H18ClN3OS/c25-18-13-11-17(12-14-18)23-21(15-27(26-23)19-7-3-1-4-8-19)24-28(22(29)16-30-24)20-9-5-2-6-10-20/h1-15,24H,16H2. The Labute approximate surface area is 184 Å². The normalized spacial score (nSPS) is 16.2. The van der Waals surface area contributed by atoms with Crippen molar-refractivity contribution in [1.82, 2.24) is 9.78 Å². The summed E-state index contributed by atoms with van der Waals surface area (Å²) in [5.41, 5.74) is 4.69. The summed E-state index contributed by atoms with van der Waals surface area (Å²) >= 11 is 7.73. The number of halogens is 1. The number of rotatable bonds is 4. The third kappa shape index (κ3) is 3.51. The Morgan fingerprint density at radius 3 is 2.17 bits per heavy atom. The quantitative estimate of drug-likeness (QED) is 0.399. The first kappa shape index (κ1) is 19.0. The van der Waals surface area contributed by atoms with E-state index in [4.69, 9.17) is 16.7 Å². The highest BCUT2D eigenvalue weighted by Gasteiger charge is 2.36. The molecule has 0 aliphatic carbocycles. The minimum Gasteiger partial charge on any atom is -0.295 e. The number of hydrogen-bond donors (Lipinski definition) is 0. The summed E-state index contributed by atoms with van der Waals surface area (Å²) in [5, 5.41) is 5.43. The molecule has 0 saturated carbocycles. The van der Waals surface area contributed by atoms with Crippen molar-refractivity contribution in [3.63, 3.8) is 0 Å². The lowest BCUT2D eigenvalue weighted by molar-refractivity contribution is -0.115. The van der Waals surface area contributed by atoms with Gasteiger partial charge in [-0.2, -0.15) is 5.10 Å². The van der Waals surface area contributed by atoms with Crippen LogP contribution in [0, 0.1) is 0 Å². The van der Waals surface area contributed by atoms with Crippen LogP contribution in [0.3, 0.4) is 0 Å². The fourth-order valence-electron chi connectivity index (χ4n) is 3.64. The Bertz CT molecular complexity index is 1180. The van der Waals surface area contributed by atoms with Gasteiger partial charge in [-0.1, -0.05) is 60.1 Å². The molecule has 4 aromatic rings. The van der Waals surface area contributed by atoms with Crippen LogP contribution < -0.4 is 4.90 Å². The van der Waals surface area contributed by atoms with Crippen molar-refractivity contribution >= 4 is 35.0 Å². The average Bonchev–Trinajstić information content (AvgIpc) is 3.39. The molecule has 0 bridgehead atoms. The summed E-state index contributed by atoms with van der Waals surface area (Å²) in [4.78, 5) is 14.7. The van der Waals surface area contributed by atoms with Crippen LogP contribution in [-0.2, 0) is 4.79 Å². The molecule has 1 atom stereocenters. The smallest absolute Gasteiger partial charge is 0.238 e. The number of anilines is 1. The SMILES string of the molecule is O=C1CSC(c2cn(-c3ccccc3)nc2-c2ccc(Cl)cc2)N1c1ccccc1. The first-order valence-corrected chi connectivity index (χ1v) is 11.0. The number of para-hydroxylation sites is 2. The van der Waals surface area contributed by atoms with Crippen LogP contribution >= 0.6 is 23.4 Å². The molecule has 4 nitrogen and oxygen atoms in total. The maximum absolute atomic E-state index is 12.8. The molecule has 0 radical (unpaired) electrons. The summed E-state index contributed by atoms with van der Waals surface area (Å²) in [6, 6.07) is 27.5. The number of amides is 1. The van der Waals surface area contributed by atoms with Gasteiger partial charge in [-0.25, -0.2) is 4.68 Å². The van der Waals surface area contributed by atoms with E-state index < -0.39 is 0 Å². The topological polar surface area (TPSA) is 38.1 Å². The molecule has 2 heterocycles. The maximum atomic E-state index is 12.8. The maximum Gasteiger partial charge on any atom is 0.238 e. The molecule has 6 heteroatoms. The van der Waals surface area contributed by atoms with Gasteiger partial charge in [0.2, 0.25) is 5.91 Å². The van der Waals surface area contributed by atoms with Crippen molar-refractivity contribution in [2.75, 3.05) is 10.7 Å². The molecule has 0 spiro atoms. The lowest BCUT2D eigenvalue weighted by Gasteiger charge is -2.24. The van der Waals surface area contributed by atoms with Gasteiger partial charge in [0, 0.05) is 28.0 Å². The minimum absolute atomic E-state index is 0.103. The van der Waals surface area contributed by atoms with E-state index in [0.717, 1.165) is 28.2 Å². The van der Waals surface area contributed by atoms with Crippen molar-refractivity contribution in [2.24, 2.45) is 0 Å². The van der Waals surface area contributed by atoms with E-state index in [-0.39, 0.29) is 11.3 Å². The number of hydrogen-bond acceptors (Lipinski definition) is 3. The number of benzene rings is 3. The largest absolute Gasteiger partial charge is 0.295 e. The van der Waals surface area contributed by atoms with Crippen molar-refractivity contribution in [3.05, 3.63) is 102 Å². The molecule has 5 rings (SSSR count). The van der Waals surface area contributed by atoms with Gasteiger partial charge in [-0.3, -0.25) is 9.69 Å². The lowest BCUT2D eigenvalue weighted by atomic mass is 10.1. The van der Waals surface area contributed by atoms with Gasteiger partial charge >= 0.3 is 0 Å². The summed E-state index contributed by atoms with van der Waals surface area (Å²) < 4.78 is 1.88. The Kier molecular flexibility index (Phi) is 5.07. The predicted octanol–water partition coefficient (Wildman–Crippen LogP) is 5.97. The van der Waals surface area contributed by atoms with Crippen LogP contribution in [0.5, 0.6) is 0 Å². The summed E-state index contributed by atoms with van der Waals surface area (Å²) in [6.07, 6.45) is 2.03. The lowest BCUT2D eigenvalue weighted by Crippen LogP contribution is -2.27. The molecule has 1 saturated heterocycles. The molecule has 1 amide bonds. The highest BCUT2D eigenvalue weighted by molar-refractivity contribution is 8.00. The molecule has 148 valence electrons. The molecular formula is C24H18ClN3OS. The third-order valence-electron chi connectivity index (χ3n) is 5.05. The third-order valence-corrected chi connectivity index (χ3v) is 6.50. The van der Waals surface area contributed by atoms with Gasteiger partial charge in [0.05, 0.1) is 17.1 Å². The summed E-state index contributed by atoms with van der Waals surface area (Å²) in [7, 11) is 0. The van der Waals surface area contributed by atoms with Crippen LogP contribution in [0.2, 0.25) is 5.02 Å². The number of aromatic nitrogens is 2. The molecule has 1 unspecified atom stereocenters. The van der Waals surface area contributed by atoms with Crippen LogP contribution in [0.1, 0.15) is 10.9 Å². The van der Waals surface area contributed by atoms with E-state index in [2.05, 4.69) is 0 Å². The second kappa shape index (κ2) is 8.01. The monoisotopic (exact) mass is 431 g/mol. The van der Waals surface area contributed by atoms with Gasteiger partial charge < -0.3 is 0 Å². The van der Waals surface area contributed by atoms with Crippen LogP contribution in [0.15, 0.2) is 91.1 Å². The Hall–Kier alpha value is -3.02. The van der Waals surface area contributed by atoms with Crippen molar-refractivity contribution in [1.29, 1.82) is 0 Å². The molecular weight excluding hydrogens is 414 g/mol. The summed E-state index contributed by atoms with van der Waals surface area (Å²) in [5.74, 6) is 0.543. The van der Waals surface area contributed by atoms with E-state index in [1.54, 1.807) is 11.8 Å². The summed E-state index contributed by atoms with van der Waals surface area (Å²) in [6.45, 7) is 0. The number of carbonyl (C=O) groups is 1.